The Balaban J connectivity index is 1.80. The second kappa shape index (κ2) is 8.57. The van der Waals surface area contributed by atoms with Gasteiger partial charge in [-0.25, -0.2) is 14.6 Å². The molecule has 7 heteroatoms. The molecule has 0 atom stereocenters. The molecule has 0 fully saturated rings. The molecule has 0 radical (unpaired) electrons. The molecule has 31 heavy (non-hydrogen) atoms. The summed E-state index contributed by atoms with van der Waals surface area (Å²) in [6, 6.07) is 13.9. The monoisotopic (exact) mass is 432 g/mol. The van der Waals surface area contributed by atoms with Gasteiger partial charge in [0.15, 0.2) is 0 Å². The van der Waals surface area contributed by atoms with Crippen LogP contribution in [-0.2, 0) is 19.1 Å². The van der Waals surface area contributed by atoms with E-state index in [1.807, 2.05) is 43.3 Å². The fourth-order valence-corrected chi connectivity index (χ4v) is 4.37. The zero-order valence-corrected chi connectivity index (χ0v) is 18.1. The van der Waals surface area contributed by atoms with E-state index in [9.17, 15) is 9.59 Å². The molecule has 0 amide bonds. The largest absolute Gasteiger partial charge is 0.465 e. The maximum Gasteiger partial charge on any atom is 0.355 e. The van der Waals surface area contributed by atoms with Gasteiger partial charge in [0.25, 0.3) is 0 Å². The Kier molecular flexibility index (Phi) is 5.68. The summed E-state index contributed by atoms with van der Waals surface area (Å²) in [6.45, 7) is 1.95. The van der Waals surface area contributed by atoms with Crippen molar-refractivity contribution in [3.05, 3.63) is 83.7 Å². The van der Waals surface area contributed by atoms with Crippen LogP contribution in [0, 0.1) is 6.92 Å². The molecular weight excluding hydrogens is 412 g/mol. The Morgan fingerprint density at radius 1 is 1.00 bits per heavy atom. The molecule has 1 aromatic heterocycles. The maximum atomic E-state index is 12.6. The van der Waals surface area contributed by atoms with Gasteiger partial charge in [-0.1, -0.05) is 18.2 Å². The Hall–Kier alpha value is -3.71. The SMILES string of the molecule is COC(=O)C1=C(C(=O)OC)N(c2ccc(-c3nc4ccccc4s3)cc2C)C=CC=C1. The number of thiazole rings is 1. The van der Waals surface area contributed by atoms with Crippen molar-refractivity contribution in [2.24, 2.45) is 0 Å². The molecule has 0 unspecified atom stereocenters. The van der Waals surface area contributed by atoms with Gasteiger partial charge in [-0.3, -0.25) is 0 Å². The van der Waals surface area contributed by atoms with E-state index in [-0.39, 0.29) is 11.3 Å². The van der Waals surface area contributed by atoms with Crippen molar-refractivity contribution in [1.29, 1.82) is 0 Å². The fraction of sp³-hybridized carbons (Fsp3) is 0.125. The number of esters is 2. The van der Waals surface area contributed by atoms with Crippen LogP contribution in [0.4, 0.5) is 5.69 Å². The average molecular weight is 433 g/mol. The number of rotatable bonds is 4. The van der Waals surface area contributed by atoms with Gasteiger partial charge in [-0.05, 0) is 55.0 Å². The average Bonchev–Trinajstić information content (AvgIpc) is 3.11. The predicted molar refractivity (Wildman–Crippen MR) is 122 cm³/mol. The van der Waals surface area contributed by atoms with Crippen molar-refractivity contribution in [1.82, 2.24) is 4.98 Å². The molecule has 0 spiro atoms. The molecule has 2 aromatic carbocycles. The van der Waals surface area contributed by atoms with Gasteiger partial charge in [0, 0.05) is 17.5 Å². The number of hydrogen-bond donors (Lipinski definition) is 0. The lowest BCUT2D eigenvalue weighted by Crippen LogP contribution is -2.27. The van der Waals surface area contributed by atoms with Crippen molar-refractivity contribution in [2.75, 3.05) is 19.1 Å². The molecule has 0 bridgehead atoms. The summed E-state index contributed by atoms with van der Waals surface area (Å²) in [7, 11) is 2.56. The Labute approximate surface area is 183 Å². The number of nitrogens with zero attached hydrogens (tertiary/aromatic N) is 2. The van der Waals surface area contributed by atoms with Crippen LogP contribution in [0.3, 0.4) is 0 Å². The molecule has 0 saturated carbocycles. The van der Waals surface area contributed by atoms with Crippen molar-refractivity contribution < 1.29 is 19.1 Å². The first-order valence-electron chi connectivity index (χ1n) is 9.55. The lowest BCUT2D eigenvalue weighted by Gasteiger charge is -2.25. The van der Waals surface area contributed by atoms with E-state index >= 15 is 0 Å². The lowest BCUT2D eigenvalue weighted by molar-refractivity contribution is -0.139. The molecule has 3 aromatic rings. The number of allylic oxidation sites excluding steroid dienone is 2. The molecule has 2 heterocycles. The van der Waals surface area contributed by atoms with Crippen LogP contribution in [0.2, 0.25) is 0 Å². The molecule has 156 valence electrons. The second-order valence-electron chi connectivity index (χ2n) is 6.80. The normalized spacial score (nSPS) is 13.5. The first-order valence-corrected chi connectivity index (χ1v) is 10.4. The van der Waals surface area contributed by atoms with Crippen LogP contribution in [0.5, 0.6) is 0 Å². The smallest absolute Gasteiger partial charge is 0.355 e. The minimum absolute atomic E-state index is 0.0928. The van der Waals surface area contributed by atoms with Crippen molar-refractivity contribution in [2.45, 2.75) is 6.92 Å². The van der Waals surface area contributed by atoms with Gasteiger partial charge in [0.1, 0.15) is 10.7 Å². The highest BCUT2D eigenvalue weighted by Gasteiger charge is 2.28. The van der Waals surface area contributed by atoms with Gasteiger partial charge in [0.05, 0.1) is 30.0 Å². The van der Waals surface area contributed by atoms with Crippen LogP contribution < -0.4 is 4.90 Å². The van der Waals surface area contributed by atoms with E-state index in [4.69, 9.17) is 14.5 Å². The summed E-state index contributed by atoms with van der Waals surface area (Å²) >= 11 is 1.63. The van der Waals surface area contributed by atoms with E-state index in [1.54, 1.807) is 40.7 Å². The highest BCUT2D eigenvalue weighted by atomic mass is 32.1. The molecule has 0 aliphatic carbocycles. The number of hydrogen-bond acceptors (Lipinski definition) is 7. The third kappa shape index (κ3) is 3.87. The molecular formula is C24H20N2O4S. The van der Waals surface area contributed by atoms with Crippen LogP contribution in [-0.4, -0.2) is 31.1 Å². The molecule has 0 N–H and O–H groups in total. The van der Waals surface area contributed by atoms with Crippen molar-refractivity contribution >= 4 is 39.2 Å². The Morgan fingerprint density at radius 2 is 1.77 bits per heavy atom. The zero-order chi connectivity index (χ0) is 22.0. The van der Waals surface area contributed by atoms with Crippen molar-refractivity contribution in [3.63, 3.8) is 0 Å². The van der Waals surface area contributed by atoms with Crippen LogP contribution in [0.25, 0.3) is 20.8 Å². The van der Waals surface area contributed by atoms with Gasteiger partial charge < -0.3 is 14.4 Å². The summed E-state index contributed by atoms with van der Waals surface area (Å²) in [5.74, 6) is -1.25. The lowest BCUT2D eigenvalue weighted by atomic mass is 10.1. The molecule has 0 saturated heterocycles. The molecule has 1 aliphatic rings. The summed E-state index contributed by atoms with van der Waals surface area (Å²) in [5.41, 5.74) is 3.81. The van der Waals surface area contributed by atoms with E-state index in [2.05, 4.69) is 6.07 Å². The van der Waals surface area contributed by atoms with Gasteiger partial charge in [0.2, 0.25) is 0 Å². The summed E-state index contributed by atoms with van der Waals surface area (Å²) < 4.78 is 11.0. The molecule has 4 rings (SSSR count). The predicted octanol–water partition coefficient (Wildman–Crippen LogP) is 4.76. The van der Waals surface area contributed by atoms with E-state index in [0.29, 0.717) is 0 Å². The maximum absolute atomic E-state index is 12.6. The Morgan fingerprint density at radius 3 is 2.48 bits per heavy atom. The van der Waals surface area contributed by atoms with Gasteiger partial charge in [-0.15, -0.1) is 11.3 Å². The third-order valence-corrected chi connectivity index (χ3v) is 5.97. The van der Waals surface area contributed by atoms with Crippen LogP contribution in [0.1, 0.15) is 5.56 Å². The summed E-state index contributed by atoms with van der Waals surface area (Å²) in [6.07, 6.45) is 6.69. The fourth-order valence-electron chi connectivity index (χ4n) is 3.41. The first-order chi connectivity index (χ1) is 15.0. The number of para-hydroxylation sites is 1. The standard InChI is InChI=1S/C24H20N2O4S/c1-15-14-16(22-25-18-9-4-5-10-20(18)31-22)11-12-19(15)26-13-7-6-8-17(23(27)29-2)21(26)24(28)30-3/h4-14H,1-3H3. The number of carbonyl (C=O) groups excluding carboxylic acids is 2. The number of methoxy groups -OCH3 is 2. The van der Waals surface area contributed by atoms with Crippen LogP contribution >= 0.6 is 11.3 Å². The number of aromatic nitrogens is 1. The third-order valence-electron chi connectivity index (χ3n) is 4.89. The number of anilines is 1. The minimum atomic E-state index is -0.633. The highest BCUT2D eigenvalue weighted by molar-refractivity contribution is 7.21. The highest BCUT2D eigenvalue weighted by Crippen LogP contribution is 2.35. The van der Waals surface area contributed by atoms with Crippen molar-refractivity contribution in [3.8, 4) is 10.6 Å². The van der Waals surface area contributed by atoms with Gasteiger partial charge in [-0.2, -0.15) is 0 Å². The van der Waals surface area contributed by atoms with E-state index < -0.39 is 11.9 Å². The number of carbonyl (C=O) groups is 2. The van der Waals surface area contributed by atoms with Crippen LogP contribution in [0.15, 0.2) is 78.2 Å². The van der Waals surface area contributed by atoms with E-state index in [1.165, 1.54) is 14.2 Å². The van der Waals surface area contributed by atoms with Gasteiger partial charge >= 0.3 is 11.9 Å². The first kappa shape index (κ1) is 20.6. The summed E-state index contributed by atoms with van der Waals surface area (Å²) in [5, 5.41) is 0.919. The molecule has 6 nitrogen and oxygen atoms in total. The topological polar surface area (TPSA) is 68.7 Å². The number of ether oxygens (including phenoxy) is 2. The minimum Gasteiger partial charge on any atom is -0.465 e. The summed E-state index contributed by atoms with van der Waals surface area (Å²) in [4.78, 5) is 31.3. The number of fused-ring (bicyclic) bond motifs is 1. The second-order valence-corrected chi connectivity index (χ2v) is 7.83. The number of aryl methyl sites for hydroxylation is 1. The zero-order valence-electron chi connectivity index (χ0n) is 17.3. The number of benzene rings is 2. The molecule has 1 aliphatic heterocycles. The van der Waals surface area contributed by atoms with E-state index in [0.717, 1.165) is 32.0 Å². The quantitative estimate of drug-likeness (QED) is 0.554. The Bertz CT molecular complexity index is 1240.